The molecule has 6 heteroatoms. The maximum Gasteiger partial charge on any atom is 0.227 e. The quantitative estimate of drug-likeness (QED) is 0.824. The second-order valence-electron chi connectivity index (χ2n) is 8.19. The van der Waals surface area contributed by atoms with Crippen LogP contribution in [0.2, 0.25) is 0 Å². The summed E-state index contributed by atoms with van der Waals surface area (Å²) in [4.78, 5) is 14.7. The molecule has 1 aliphatic heterocycles. The van der Waals surface area contributed by atoms with Gasteiger partial charge in [-0.15, -0.1) is 0 Å². The first-order chi connectivity index (χ1) is 13.3. The van der Waals surface area contributed by atoms with E-state index in [4.69, 9.17) is 9.26 Å². The van der Waals surface area contributed by atoms with E-state index < -0.39 is 11.7 Å². The molecule has 2 atom stereocenters. The van der Waals surface area contributed by atoms with Gasteiger partial charge in [-0.05, 0) is 44.7 Å². The predicted molar refractivity (Wildman–Crippen MR) is 106 cm³/mol. The molecule has 0 aliphatic carbocycles. The maximum absolute atomic E-state index is 12.9. The minimum atomic E-state index is -0.955. The zero-order chi connectivity index (χ0) is 20.3. The fraction of sp³-hybridized carbons (Fsp3) is 0.545. The number of likely N-dealkylation sites (tertiary alicyclic amines) is 1. The normalized spacial score (nSPS) is 22.5. The van der Waals surface area contributed by atoms with E-state index in [1.165, 1.54) is 0 Å². The molecule has 2 aromatic rings. The molecule has 2 heterocycles. The van der Waals surface area contributed by atoms with Crippen LogP contribution < -0.4 is 4.74 Å². The minimum Gasteiger partial charge on any atom is -0.486 e. The van der Waals surface area contributed by atoms with Crippen LogP contribution in [0.15, 0.2) is 34.9 Å². The van der Waals surface area contributed by atoms with Gasteiger partial charge in [0.05, 0.1) is 18.7 Å². The van der Waals surface area contributed by atoms with Crippen LogP contribution in [0.5, 0.6) is 5.75 Å². The van der Waals surface area contributed by atoms with Gasteiger partial charge < -0.3 is 19.3 Å². The first-order valence-electron chi connectivity index (χ1n) is 9.92. The number of aryl methyl sites for hydroxylation is 2. The minimum absolute atomic E-state index is 0.00246. The molecule has 1 N–H and O–H groups in total. The van der Waals surface area contributed by atoms with Crippen LogP contribution in [0.4, 0.5) is 0 Å². The summed E-state index contributed by atoms with van der Waals surface area (Å²) >= 11 is 0. The molecule has 152 valence electrons. The summed E-state index contributed by atoms with van der Waals surface area (Å²) in [7, 11) is 0. The fourth-order valence-corrected chi connectivity index (χ4v) is 3.95. The van der Waals surface area contributed by atoms with E-state index in [-0.39, 0.29) is 12.3 Å². The van der Waals surface area contributed by atoms with Gasteiger partial charge in [0, 0.05) is 12.1 Å². The molecule has 1 aromatic heterocycles. The summed E-state index contributed by atoms with van der Waals surface area (Å²) in [5, 5.41) is 15.2. The molecule has 0 saturated carbocycles. The van der Waals surface area contributed by atoms with Gasteiger partial charge in [0.25, 0.3) is 0 Å². The van der Waals surface area contributed by atoms with Crippen molar-refractivity contribution in [3.8, 4) is 5.75 Å². The molecule has 0 spiro atoms. The number of benzene rings is 1. The molecule has 6 nitrogen and oxygen atoms in total. The van der Waals surface area contributed by atoms with E-state index >= 15 is 0 Å². The van der Waals surface area contributed by atoms with Crippen molar-refractivity contribution in [1.29, 1.82) is 0 Å². The highest BCUT2D eigenvalue weighted by Crippen LogP contribution is 2.32. The SMILES string of the molecule is Cc1noc(C)c1CC(=O)N1CC[C@@](O)(CC(C)C)[C@@H](Oc2ccccc2)C1. The number of rotatable bonds is 6. The number of aliphatic hydroxyl groups is 1. The monoisotopic (exact) mass is 386 g/mol. The van der Waals surface area contributed by atoms with Crippen LogP contribution in [0.3, 0.4) is 0 Å². The summed E-state index contributed by atoms with van der Waals surface area (Å²) < 4.78 is 11.3. The molecular formula is C22H30N2O4. The largest absolute Gasteiger partial charge is 0.486 e. The molecule has 1 saturated heterocycles. The molecular weight excluding hydrogens is 356 g/mol. The molecule has 1 amide bonds. The van der Waals surface area contributed by atoms with Gasteiger partial charge in [-0.2, -0.15) is 0 Å². The maximum atomic E-state index is 12.9. The third-order valence-electron chi connectivity index (χ3n) is 5.45. The Bertz CT molecular complexity index is 783. The summed E-state index contributed by atoms with van der Waals surface area (Å²) in [6.07, 6.45) is 0.911. The van der Waals surface area contributed by atoms with Crippen LogP contribution in [0.25, 0.3) is 0 Å². The number of carbonyl (C=O) groups excluding carboxylic acids is 1. The first kappa shape index (κ1) is 20.4. The highest BCUT2D eigenvalue weighted by molar-refractivity contribution is 5.79. The topological polar surface area (TPSA) is 75.8 Å². The van der Waals surface area contributed by atoms with Gasteiger partial charge in [0.15, 0.2) is 0 Å². The molecule has 28 heavy (non-hydrogen) atoms. The summed E-state index contributed by atoms with van der Waals surface area (Å²) in [5.74, 6) is 1.71. The highest BCUT2D eigenvalue weighted by atomic mass is 16.5. The average molecular weight is 386 g/mol. The molecule has 0 bridgehead atoms. The summed E-state index contributed by atoms with van der Waals surface area (Å²) in [6.45, 7) is 8.72. The predicted octanol–water partition coefficient (Wildman–Crippen LogP) is 3.29. The number of amides is 1. The number of hydrogen-bond donors (Lipinski definition) is 1. The van der Waals surface area contributed by atoms with Crippen LogP contribution in [-0.4, -0.2) is 45.9 Å². The molecule has 1 fully saturated rings. The van der Waals surface area contributed by atoms with Crippen molar-refractivity contribution in [1.82, 2.24) is 10.1 Å². The van der Waals surface area contributed by atoms with Crippen molar-refractivity contribution in [2.75, 3.05) is 13.1 Å². The van der Waals surface area contributed by atoms with E-state index in [1.807, 2.05) is 44.2 Å². The zero-order valence-electron chi connectivity index (χ0n) is 17.1. The Kier molecular flexibility index (Phi) is 6.08. The first-order valence-corrected chi connectivity index (χ1v) is 9.92. The van der Waals surface area contributed by atoms with Gasteiger partial charge in [-0.1, -0.05) is 37.2 Å². The number of para-hydroxylation sites is 1. The lowest BCUT2D eigenvalue weighted by Crippen LogP contribution is -2.59. The third-order valence-corrected chi connectivity index (χ3v) is 5.45. The van der Waals surface area contributed by atoms with Crippen LogP contribution in [0, 0.1) is 19.8 Å². The Morgan fingerprint density at radius 3 is 2.68 bits per heavy atom. The van der Waals surface area contributed by atoms with Gasteiger partial charge in [0.1, 0.15) is 23.2 Å². The van der Waals surface area contributed by atoms with Crippen molar-refractivity contribution in [3.05, 3.63) is 47.3 Å². The molecule has 0 unspecified atom stereocenters. The Morgan fingerprint density at radius 2 is 2.07 bits per heavy atom. The van der Waals surface area contributed by atoms with E-state index in [0.717, 1.165) is 11.3 Å². The van der Waals surface area contributed by atoms with Crippen molar-refractivity contribution in [2.24, 2.45) is 5.92 Å². The Balaban J connectivity index is 1.76. The Labute approximate surface area is 166 Å². The van der Waals surface area contributed by atoms with Crippen molar-refractivity contribution in [3.63, 3.8) is 0 Å². The van der Waals surface area contributed by atoms with Crippen LogP contribution >= 0.6 is 0 Å². The fourth-order valence-electron chi connectivity index (χ4n) is 3.95. The molecule has 3 rings (SSSR count). The standard InChI is InChI=1S/C22H30N2O4/c1-15(2)13-22(26)10-11-24(14-20(22)27-18-8-6-5-7-9-18)21(25)12-19-16(3)23-28-17(19)4/h5-9,15,20,26H,10-14H2,1-4H3/t20-,22+/m0/s1. The molecule has 0 radical (unpaired) electrons. The molecule has 1 aromatic carbocycles. The van der Waals surface area contributed by atoms with Gasteiger partial charge in [0.2, 0.25) is 5.91 Å². The number of ether oxygens (including phenoxy) is 1. The van der Waals surface area contributed by atoms with Crippen LogP contribution in [0.1, 0.15) is 43.7 Å². The van der Waals surface area contributed by atoms with E-state index in [9.17, 15) is 9.90 Å². The van der Waals surface area contributed by atoms with Crippen LogP contribution in [-0.2, 0) is 11.2 Å². The number of hydrogen-bond acceptors (Lipinski definition) is 5. The average Bonchev–Trinajstić information content (AvgIpc) is 2.96. The Morgan fingerprint density at radius 1 is 1.36 bits per heavy atom. The Hall–Kier alpha value is -2.34. The second kappa shape index (κ2) is 8.35. The van der Waals surface area contributed by atoms with Gasteiger partial charge in [-0.3, -0.25) is 4.79 Å². The van der Waals surface area contributed by atoms with E-state index in [2.05, 4.69) is 19.0 Å². The van der Waals surface area contributed by atoms with Crippen molar-refractivity contribution >= 4 is 5.91 Å². The summed E-state index contributed by atoms with van der Waals surface area (Å²) in [5.41, 5.74) is 0.633. The van der Waals surface area contributed by atoms with Gasteiger partial charge >= 0.3 is 0 Å². The zero-order valence-corrected chi connectivity index (χ0v) is 17.1. The molecule has 1 aliphatic rings. The van der Waals surface area contributed by atoms with E-state index in [0.29, 0.717) is 43.4 Å². The van der Waals surface area contributed by atoms with E-state index in [1.54, 1.807) is 4.90 Å². The highest BCUT2D eigenvalue weighted by Gasteiger charge is 2.44. The summed E-state index contributed by atoms with van der Waals surface area (Å²) in [6, 6.07) is 9.48. The number of aromatic nitrogens is 1. The lowest BCUT2D eigenvalue weighted by atomic mass is 9.81. The number of carbonyl (C=O) groups is 1. The number of piperidine rings is 1. The van der Waals surface area contributed by atoms with Crippen molar-refractivity contribution in [2.45, 2.75) is 58.7 Å². The number of nitrogens with zero attached hydrogens (tertiary/aromatic N) is 2. The third kappa shape index (κ3) is 4.55. The van der Waals surface area contributed by atoms with Gasteiger partial charge in [-0.25, -0.2) is 0 Å². The lowest BCUT2D eigenvalue weighted by Gasteiger charge is -2.45. The smallest absolute Gasteiger partial charge is 0.227 e. The lowest BCUT2D eigenvalue weighted by molar-refractivity contribution is -0.147. The second-order valence-corrected chi connectivity index (χ2v) is 8.19. The van der Waals surface area contributed by atoms with Crippen molar-refractivity contribution < 1.29 is 19.2 Å².